The number of rotatable bonds is 6. The van der Waals surface area contributed by atoms with E-state index in [0.29, 0.717) is 16.0 Å². The molecule has 3 rings (SSSR count). The number of amides is 1. The van der Waals surface area contributed by atoms with Gasteiger partial charge in [0.25, 0.3) is 11.6 Å². The van der Waals surface area contributed by atoms with Crippen LogP contribution in [0.5, 0.6) is 5.75 Å². The first-order valence-corrected chi connectivity index (χ1v) is 9.69. The van der Waals surface area contributed by atoms with Crippen LogP contribution in [0.3, 0.4) is 0 Å². The molecule has 0 atom stereocenters. The van der Waals surface area contributed by atoms with Crippen LogP contribution in [0.1, 0.15) is 0 Å². The molecule has 0 radical (unpaired) electrons. The number of hydrogen-bond acceptors (Lipinski definition) is 8. The van der Waals surface area contributed by atoms with Crippen LogP contribution in [0.2, 0.25) is 0 Å². The van der Waals surface area contributed by atoms with Gasteiger partial charge in [0.2, 0.25) is 10.0 Å². The fraction of sp³-hybridized carbons (Fsp3) is 0.0667. The van der Waals surface area contributed by atoms with Crippen molar-refractivity contribution >= 4 is 48.3 Å². The molecule has 0 aliphatic carbocycles. The minimum Gasteiger partial charge on any atom is -0.484 e. The highest BCUT2D eigenvalue weighted by Crippen LogP contribution is 2.28. The lowest BCUT2D eigenvalue weighted by atomic mass is 10.3. The van der Waals surface area contributed by atoms with Gasteiger partial charge in [-0.25, -0.2) is 18.5 Å². The number of hydrogen-bond donors (Lipinski definition) is 2. The van der Waals surface area contributed by atoms with Crippen molar-refractivity contribution in [1.29, 1.82) is 0 Å². The third kappa shape index (κ3) is 4.55. The Morgan fingerprint density at radius 2 is 1.96 bits per heavy atom. The van der Waals surface area contributed by atoms with Gasteiger partial charge in [-0.1, -0.05) is 11.3 Å². The number of non-ortho nitro benzene ring substituents is 1. The largest absolute Gasteiger partial charge is 0.484 e. The molecule has 0 fully saturated rings. The van der Waals surface area contributed by atoms with E-state index in [4.69, 9.17) is 9.88 Å². The molecule has 0 aliphatic rings. The lowest BCUT2D eigenvalue weighted by molar-refractivity contribution is -0.384. The molecular weight excluding hydrogens is 396 g/mol. The monoisotopic (exact) mass is 408 g/mol. The van der Waals surface area contributed by atoms with Gasteiger partial charge in [-0.2, -0.15) is 0 Å². The Morgan fingerprint density at radius 1 is 1.26 bits per heavy atom. The van der Waals surface area contributed by atoms with Crippen molar-refractivity contribution in [3.05, 3.63) is 52.6 Å². The fourth-order valence-electron chi connectivity index (χ4n) is 2.10. The van der Waals surface area contributed by atoms with Crippen molar-refractivity contribution in [1.82, 2.24) is 4.98 Å². The summed E-state index contributed by atoms with van der Waals surface area (Å²) in [6.45, 7) is -0.323. The molecule has 27 heavy (non-hydrogen) atoms. The molecular formula is C15H12N4O6S2. The van der Waals surface area contributed by atoms with Gasteiger partial charge in [0.15, 0.2) is 11.7 Å². The van der Waals surface area contributed by atoms with E-state index < -0.39 is 20.9 Å². The highest BCUT2D eigenvalue weighted by molar-refractivity contribution is 7.89. The number of nitro groups is 1. The van der Waals surface area contributed by atoms with Crippen LogP contribution in [0.15, 0.2) is 47.4 Å². The summed E-state index contributed by atoms with van der Waals surface area (Å²) < 4.78 is 28.6. The van der Waals surface area contributed by atoms with Gasteiger partial charge in [0.1, 0.15) is 5.75 Å². The maximum atomic E-state index is 12.0. The van der Waals surface area contributed by atoms with Crippen LogP contribution in [0, 0.1) is 10.1 Å². The van der Waals surface area contributed by atoms with E-state index in [1.165, 1.54) is 42.5 Å². The molecule has 0 spiro atoms. The maximum absolute atomic E-state index is 12.0. The number of thiazole rings is 1. The van der Waals surface area contributed by atoms with Gasteiger partial charge in [-0.05, 0) is 30.3 Å². The third-order valence-corrected chi connectivity index (χ3v) is 5.20. The molecule has 140 valence electrons. The minimum absolute atomic E-state index is 0.0435. The van der Waals surface area contributed by atoms with E-state index in [-0.39, 0.29) is 22.3 Å². The SMILES string of the molecule is NS(=O)(=O)c1ccc2nc(NC(=O)COc3ccc([N+](=O)[O-])cc3)sc2c1. The lowest BCUT2D eigenvalue weighted by Crippen LogP contribution is -2.19. The average Bonchev–Trinajstić information content (AvgIpc) is 3.00. The first-order chi connectivity index (χ1) is 12.7. The van der Waals surface area contributed by atoms with E-state index in [1.54, 1.807) is 0 Å². The first-order valence-electron chi connectivity index (χ1n) is 7.33. The Morgan fingerprint density at radius 3 is 2.59 bits per heavy atom. The number of ether oxygens (including phenoxy) is 1. The molecule has 3 aromatic rings. The van der Waals surface area contributed by atoms with Gasteiger partial charge >= 0.3 is 0 Å². The van der Waals surface area contributed by atoms with Crippen molar-refractivity contribution in [2.45, 2.75) is 4.90 Å². The molecule has 1 heterocycles. The molecule has 0 bridgehead atoms. The summed E-state index contributed by atoms with van der Waals surface area (Å²) in [5.41, 5.74) is 0.430. The molecule has 2 aromatic carbocycles. The topological polar surface area (TPSA) is 155 Å². The van der Waals surface area contributed by atoms with E-state index in [2.05, 4.69) is 10.3 Å². The molecule has 0 unspecified atom stereocenters. The second kappa shape index (κ2) is 7.26. The summed E-state index contributed by atoms with van der Waals surface area (Å²) >= 11 is 1.09. The van der Waals surface area contributed by atoms with Gasteiger partial charge in [-0.3, -0.25) is 20.2 Å². The molecule has 0 aliphatic heterocycles. The number of primary sulfonamides is 1. The predicted octanol–water partition coefficient (Wildman–Crippen LogP) is 1.87. The number of sulfonamides is 1. The number of benzene rings is 2. The number of nitro benzene ring substituents is 1. The summed E-state index contributed by atoms with van der Waals surface area (Å²) in [7, 11) is -3.83. The van der Waals surface area contributed by atoms with Crippen molar-refractivity contribution in [3.8, 4) is 5.75 Å². The fourth-order valence-corrected chi connectivity index (χ4v) is 3.64. The maximum Gasteiger partial charge on any atom is 0.269 e. The van der Waals surface area contributed by atoms with Crippen LogP contribution >= 0.6 is 11.3 Å². The average molecular weight is 408 g/mol. The van der Waals surface area contributed by atoms with Crippen molar-refractivity contribution < 1.29 is 22.9 Å². The molecule has 0 saturated carbocycles. The Hall–Kier alpha value is -3.09. The number of carbonyl (C=O) groups excluding carboxylic acids is 1. The summed E-state index contributed by atoms with van der Waals surface area (Å²) in [5, 5.41) is 18.5. The molecule has 0 saturated heterocycles. The van der Waals surface area contributed by atoms with Crippen LogP contribution in [-0.4, -0.2) is 30.8 Å². The summed E-state index contributed by atoms with van der Waals surface area (Å²) in [4.78, 5) is 26.2. The number of aromatic nitrogens is 1. The van der Waals surface area contributed by atoms with Crippen molar-refractivity contribution in [3.63, 3.8) is 0 Å². The van der Waals surface area contributed by atoms with Crippen LogP contribution in [0.25, 0.3) is 10.2 Å². The summed E-state index contributed by atoms with van der Waals surface area (Å²) in [5.74, 6) is -0.183. The van der Waals surface area contributed by atoms with Crippen LogP contribution in [-0.2, 0) is 14.8 Å². The molecule has 1 aromatic heterocycles. The minimum atomic E-state index is -3.83. The van der Waals surface area contributed by atoms with Gasteiger partial charge < -0.3 is 4.74 Å². The van der Waals surface area contributed by atoms with E-state index in [9.17, 15) is 23.3 Å². The molecule has 12 heteroatoms. The first kappa shape index (κ1) is 18.7. The Bertz CT molecular complexity index is 1120. The van der Waals surface area contributed by atoms with Crippen molar-refractivity contribution in [2.75, 3.05) is 11.9 Å². The van der Waals surface area contributed by atoms with Crippen molar-refractivity contribution in [2.24, 2.45) is 5.14 Å². The summed E-state index contributed by atoms with van der Waals surface area (Å²) in [6, 6.07) is 9.52. The zero-order valence-electron chi connectivity index (χ0n) is 13.5. The number of nitrogens with one attached hydrogen (secondary N) is 1. The Labute approximate surface area is 156 Å². The normalized spacial score (nSPS) is 11.3. The van der Waals surface area contributed by atoms with Crippen LogP contribution < -0.4 is 15.2 Å². The number of carbonyl (C=O) groups is 1. The quantitative estimate of drug-likeness (QED) is 0.466. The predicted molar refractivity (Wildman–Crippen MR) is 98.2 cm³/mol. The summed E-state index contributed by atoms with van der Waals surface area (Å²) in [6.07, 6.45) is 0. The van der Waals surface area contributed by atoms with Crippen LogP contribution in [0.4, 0.5) is 10.8 Å². The molecule has 3 N–H and O–H groups in total. The van der Waals surface area contributed by atoms with E-state index in [1.807, 2.05) is 0 Å². The number of fused-ring (bicyclic) bond motifs is 1. The lowest BCUT2D eigenvalue weighted by Gasteiger charge is -2.05. The van der Waals surface area contributed by atoms with E-state index >= 15 is 0 Å². The second-order valence-corrected chi connectivity index (χ2v) is 7.87. The van der Waals surface area contributed by atoms with Gasteiger partial charge in [0, 0.05) is 12.1 Å². The molecule has 1 amide bonds. The third-order valence-electron chi connectivity index (χ3n) is 3.35. The zero-order valence-corrected chi connectivity index (χ0v) is 15.1. The highest BCUT2D eigenvalue weighted by Gasteiger charge is 2.13. The Balaban J connectivity index is 1.64. The zero-order chi connectivity index (χ0) is 19.6. The number of nitrogens with two attached hydrogens (primary N) is 1. The Kier molecular flexibility index (Phi) is 5.03. The van der Waals surface area contributed by atoms with Gasteiger partial charge in [0.05, 0.1) is 20.0 Å². The van der Waals surface area contributed by atoms with E-state index in [0.717, 1.165) is 11.3 Å². The molecule has 10 nitrogen and oxygen atoms in total. The highest BCUT2D eigenvalue weighted by atomic mass is 32.2. The number of nitrogens with zero attached hydrogens (tertiary/aromatic N) is 2. The smallest absolute Gasteiger partial charge is 0.269 e. The standard InChI is InChI=1S/C15H12N4O6S2/c16-27(23,24)11-5-6-12-13(7-11)26-15(17-12)18-14(20)8-25-10-3-1-9(2-4-10)19(21)22/h1-7H,8H2,(H2,16,23,24)(H,17,18,20). The number of anilines is 1. The van der Waals surface area contributed by atoms with Gasteiger partial charge in [-0.15, -0.1) is 0 Å². The second-order valence-electron chi connectivity index (χ2n) is 5.28.